The molecule has 1 aromatic rings. The minimum absolute atomic E-state index is 0.0105. The molecule has 0 spiro atoms. The Morgan fingerprint density at radius 1 is 0.810 bits per heavy atom. The third-order valence-electron chi connectivity index (χ3n) is 2.47. The van der Waals surface area contributed by atoms with Gasteiger partial charge in [0.25, 0.3) is 30.4 Å². The molecule has 0 atom stereocenters. The van der Waals surface area contributed by atoms with Crippen LogP contribution in [0.3, 0.4) is 0 Å². The van der Waals surface area contributed by atoms with Gasteiger partial charge in [-0.05, 0) is 18.1 Å². The van der Waals surface area contributed by atoms with Crippen molar-refractivity contribution in [2.24, 2.45) is 0 Å². The van der Waals surface area contributed by atoms with Crippen LogP contribution in [-0.2, 0) is 36.8 Å². The maximum Gasteiger partial charge on any atom is 0.297 e. The molecule has 1 rings (SSSR count). The first-order valence-electron chi connectivity index (χ1n) is 5.38. The van der Waals surface area contributed by atoms with E-state index < -0.39 is 45.0 Å². The van der Waals surface area contributed by atoms with Gasteiger partial charge in [-0.1, -0.05) is 19.4 Å². The van der Waals surface area contributed by atoms with Gasteiger partial charge < -0.3 is 0 Å². The molecule has 120 valence electrons. The number of hydrogen-bond donors (Lipinski definition) is 3. The van der Waals surface area contributed by atoms with Gasteiger partial charge in [-0.3, -0.25) is 13.7 Å². The molecule has 1 aromatic carbocycles. The van der Waals surface area contributed by atoms with Crippen LogP contribution in [0.15, 0.2) is 26.8 Å². The molecule has 0 aliphatic rings. The highest BCUT2D eigenvalue weighted by Gasteiger charge is 2.34. The highest BCUT2D eigenvalue weighted by molar-refractivity contribution is 7.90. The summed E-state index contributed by atoms with van der Waals surface area (Å²) in [5, 5.41) is 0. The van der Waals surface area contributed by atoms with Gasteiger partial charge in [0.15, 0.2) is 0 Å². The summed E-state index contributed by atoms with van der Waals surface area (Å²) in [6.45, 7) is 1.62. The lowest BCUT2D eigenvalue weighted by molar-refractivity contribution is 0.454. The molecule has 12 heteroatoms. The van der Waals surface area contributed by atoms with Gasteiger partial charge in [-0.15, -0.1) is 0 Å². The molecule has 0 unspecified atom stereocenters. The lowest BCUT2D eigenvalue weighted by Crippen LogP contribution is -2.16. The van der Waals surface area contributed by atoms with Crippen LogP contribution < -0.4 is 0 Å². The first kappa shape index (κ1) is 18.0. The number of rotatable bonds is 5. The van der Waals surface area contributed by atoms with Gasteiger partial charge >= 0.3 is 0 Å². The second-order valence-corrected chi connectivity index (χ2v) is 8.16. The fourth-order valence-electron chi connectivity index (χ4n) is 1.78. The van der Waals surface area contributed by atoms with Crippen molar-refractivity contribution in [1.29, 1.82) is 0 Å². The van der Waals surface area contributed by atoms with Crippen LogP contribution >= 0.6 is 0 Å². The summed E-state index contributed by atoms with van der Waals surface area (Å²) in [6.07, 6.45) is 0.335. The second-order valence-electron chi connectivity index (χ2n) is 4.06. The lowest BCUT2D eigenvalue weighted by atomic mass is 10.1. The monoisotopic (exact) mass is 360 g/mol. The Hall–Kier alpha value is -1.05. The normalized spacial score (nSPS) is 13.3. The zero-order valence-corrected chi connectivity index (χ0v) is 13.0. The zero-order chi connectivity index (χ0) is 16.6. The van der Waals surface area contributed by atoms with E-state index in [0.29, 0.717) is 12.5 Å². The summed E-state index contributed by atoms with van der Waals surface area (Å²) >= 11 is 0. The summed E-state index contributed by atoms with van der Waals surface area (Å²) in [4.78, 5) is -4.17. The van der Waals surface area contributed by atoms with Crippen molar-refractivity contribution in [2.45, 2.75) is 34.5 Å². The van der Waals surface area contributed by atoms with E-state index >= 15 is 0 Å². The smallest absolute Gasteiger partial charge is 0.282 e. The van der Waals surface area contributed by atoms with Crippen molar-refractivity contribution in [3.63, 3.8) is 0 Å². The van der Waals surface area contributed by atoms with Crippen LogP contribution in [0.1, 0.15) is 18.9 Å². The Bertz CT molecular complexity index is 863. The molecule has 9 nitrogen and oxygen atoms in total. The van der Waals surface area contributed by atoms with E-state index in [-0.39, 0.29) is 12.0 Å². The van der Waals surface area contributed by atoms with E-state index in [1.165, 1.54) is 0 Å². The Kier molecular flexibility index (Phi) is 4.82. The number of hydrogen-bond acceptors (Lipinski definition) is 6. The van der Waals surface area contributed by atoms with Crippen molar-refractivity contribution >= 4 is 30.4 Å². The average molecular weight is 360 g/mol. The molecule has 0 saturated heterocycles. The predicted molar refractivity (Wildman–Crippen MR) is 69.9 cm³/mol. The lowest BCUT2D eigenvalue weighted by Gasteiger charge is -2.13. The maximum atomic E-state index is 11.4. The second kappa shape index (κ2) is 5.62. The molecule has 0 saturated carbocycles. The maximum absolute atomic E-state index is 11.4. The van der Waals surface area contributed by atoms with Crippen molar-refractivity contribution in [1.82, 2.24) is 0 Å². The van der Waals surface area contributed by atoms with Gasteiger partial charge in [0.05, 0.1) is 0 Å². The SMILES string of the molecule is CCCc1ccc(S(=O)(=O)O)c(S(=O)(=O)O)c1S(=O)(=O)O. The predicted octanol–water partition coefficient (Wildman–Crippen LogP) is 0.379. The largest absolute Gasteiger partial charge is 0.297 e. The molecule has 0 fully saturated rings. The van der Waals surface area contributed by atoms with Crippen molar-refractivity contribution < 1.29 is 38.9 Å². The van der Waals surface area contributed by atoms with Crippen LogP contribution in [0.5, 0.6) is 0 Å². The highest BCUT2D eigenvalue weighted by Crippen LogP contribution is 2.31. The molecule has 0 aliphatic carbocycles. The van der Waals surface area contributed by atoms with Gasteiger partial charge in [0.2, 0.25) is 0 Å². The van der Waals surface area contributed by atoms with Gasteiger partial charge in [0, 0.05) is 0 Å². The Morgan fingerprint density at radius 2 is 1.29 bits per heavy atom. The fraction of sp³-hybridized carbons (Fsp3) is 0.333. The van der Waals surface area contributed by atoms with E-state index in [1.54, 1.807) is 6.92 Å². The molecule has 0 bridgehead atoms. The molecule has 0 radical (unpaired) electrons. The fourth-order valence-corrected chi connectivity index (χ4v) is 5.22. The molecule has 0 heterocycles. The molecule has 3 N–H and O–H groups in total. The van der Waals surface area contributed by atoms with E-state index in [4.69, 9.17) is 13.7 Å². The highest BCUT2D eigenvalue weighted by atomic mass is 32.2. The topological polar surface area (TPSA) is 163 Å². The summed E-state index contributed by atoms with van der Waals surface area (Å²) in [5.74, 6) is 0. The molecular formula is C9H12O9S3. The van der Waals surface area contributed by atoms with Gasteiger partial charge in [-0.25, -0.2) is 0 Å². The molecule has 21 heavy (non-hydrogen) atoms. The Labute approximate surface area is 121 Å². The average Bonchev–Trinajstić information content (AvgIpc) is 2.24. The molecule has 0 aromatic heterocycles. The third kappa shape index (κ3) is 3.99. The molecule has 0 aliphatic heterocycles. The summed E-state index contributed by atoms with van der Waals surface area (Å²) < 4.78 is 94.9. The summed E-state index contributed by atoms with van der Waals surface area (Å²) in [7, 11) is -15.7. The first-order chi connectivity index (χ1) is 9.30. The third-order valence-corrected chi connectivity index (χ3v) is 5.55. The van der Waals surface area contributed by atoms with Crippen LogP contribution in [0.25, 0.3) is 0 Å². The quantitative estimate of drug-likeness (QED) is 0.630. The van der Waals surface area contributed by atoms with E-state index in [1.807, 2.05) is 0 Å². The summed E-state index contributed by atoms with van der Waals surface area (Å²) in [6, 6.07) is 1.57. The van der Waals surface area contributed by atoms with Gasteiger partial charge in [0.1, 0.15) is 14.7 Å². The minimum atomic E-state index is -5.35. The van der Waals surface area contributed by atoms with Crippen molar-refractivity contribution in [3.8, 4) is 0 Å². The molecular weight excluding hydrogens is 348 g/mol. The Morgan fingerprint density at radius 3 is 1.62 bits per heavy atom. The van der Waals surface area contributed by atoms with Crippen molar-refractivity contribution in [3.05, 3.63) is 17.7 Å². The Balaban J connectivity index is 4.13. The number of aryl methyl sites for hydroxylation is 1. The molecule has 0 amide bonds. The van der Waals surface area contributed by atoms with E-state index in [9.17, 15) is 25.3 Å². The van der Waals surface area contributed by atoms with Crippen LogP contribution in [0.4, 0.5) is 0 Å². The van der Waals surface area contributed by atoms with Crippen LogP contribution in [-0.4, -0.2) is 38.9 Å². The standard InChI is InChI=1S/C9H12O9S3/c1-2-3-6-4-5-7(19(10,11)12)9(21(16,17)18)8(6)20(13,14)15/h4-5H,2-3H2,1H3,(H,10,11,12)(H,13,14,15)(H,16,17,18). The van der Waals surface area contributed by atoms with E-state index in [0.717, 1.165) is 6.07 Å². The summed E-state index contributed by atoms with van der Waals surface area (Å²) in [5.41, 5.74) is -0.208. The minimum Gasteiger partial charge on any atom is -0.282 e. The zero-order valence-electron chi connectivity index (χ0n) is 10.6. The van der Waals surface area contributed by atoms with E-state index in [2.05, 4.69) is 0 Å². The first-order valence-corrected chi connectivity index (χ1v) is 9.70. The van der Waals surface area contributed by atoms with Crippen LogP contribution in [0.2, 0.25) is 0 Å². The van der Waals surface area contributed by atoms with Crippen LogP contribution in [0, 0.1) is 0 Å². The van der Waals surface area contributed by atoms with Gasteiger partial charge in [-0.2, -0.15) is 25.3 Å². The van der Waals surface area contributed by atoms with Crippen molar-refractivity contribution in [2.75, 3.05) is 0 Å². The number of benzene rings is 1.